The third-order valence-corrected chi connectivity index (χ3v) is 4.42. The second-order valence-corrected chi connectivity index (χ2v) is 6.58. The molecule has 134 valence electrons. The van der Waals surface area contributed by atoms with E-state index in [0.717, 1.165) is 16.8 Å². The van der Waals surface area contributed by atoms with Crippen molar-refractivity contribution < 1.29 is 14.3 Å². The number of esters is 1. The van der Waals surface area contributed by atoms with Crippen molar-refractivity contribution in [2.24, 2.45) is 0 Å². The molecule has 0 saturated carbocycles. The van der Waals surface area contributed by atoms with E-state index in [4.69, 9.17) is 10.00 Å². The highest BCUT2D eigenvalue weighted by atomic mass is 32.1. The van der Waals surface area contributed by atoms with Gasteiger partial charge in [-0.3, -0.25) is 10.1 Å². The van der Waals surface area contributed by atoms with Gasteiger partial charge < -0.3 is 4.74 Å². The SMILES string of the molecule is Cc1ccc(-c2csc(NC(=O)COC(=O)c3cccc(C#N)c3)n2)cc1. The lowest BCUT2D eigenvalue weighted by molar-refractivity contribution is -0.119. The minimum absolute atomic E-state index is 0.220. The highest BCUT2D eigenvalue weighted by Crippen LogP contribution is 2.25. The van der Waals surface area contributed by atoms with E-state index in [1.807, 2.05) is 42.6 Å². The van der Waals surface area contributed by atoms with Crippen LogP contribution < -0.4 is 5.32 Å². The van der Waals surface area contributed by atoms with Crippen LogP contribution in [0, 0.1) is 18.3 Å². The first-order valence-electron chi connectivity index (χ1n) is 8.05. The molecule has 1 heterocycles. The highest BCUT2D eigenvalue weighted by Gasteiger charge is 2.12. The molecular weight excluding hydrogens is 362 g/mol. The Balaban J connectivity index is 1.56. The summed E-state index contributed by atoms with van der Waals surface area (Å²) in [5.74, 6) is -1.15. The van der Waals surface area contributed by atoms with Crippen molar-refractivity contribution in [2.45, 2.75) is 6.92 Å². The summed E-state index contributed by atoms with van der Waals surface area (Å²) in [5, 5.41) is 13.7. The van der Waals surface area contributed by atoms with Gasteiger partial charge in [-0.25, -0.2) is 9.78 Å². The first-order valence-corrected chi connectivity index (χ1v) is 8.93. The molecule has 0 bridgehead atoms. The number of aromatic nitrogens is 1. The number of anilines is 1. The number of nitrogens with one attached hydrogen (secondary N) is 1. The molecule has 3 aromatic rings. The molecule has 0 saturated heterocycles. The summed E-state index contributed by atoms with van der Waals surface area (Å²) >= 11 is 1.29. The fourth-order valence-corrected chi connectivity index (χ4v) is 3.01. The van der Waals surface area contributed by atoms with Crippen molar-refractivity contribution >= 4 is 28.3 Å². The van der Waals surface area contributed by atoms with Crippen LogP contribution in [-0.2, 0) is 9.53 Å². The minimum atomic E-state index is -0.665. The zero-order valence-corrected chi connectivity index (χ0v) is 15.2. The van der Waals surface area contributed by atoms with Gasteiger partial charge in [-0.1, -0.05) is 35.9 Å². The van der Waals surface area contributed by atoms with Crippen LogP contribution in [0.4, 0.5) is 5.13 Å². The molecule has 7 heteroatoms. The number of benzene rings is 2. The van der Waals surface area contributed by atoms with E-state index in [1.54, 1.807) is 12.1 Å². The van der Waals surface area contributed by atoms with Gasteiger partial charge in [0.25, 0.3) is 5.91 Å². The Kier molecular flexibility index (Phi) is 5.59. The Morgan fingerprint density at radius 3 is 2.74 bits per heavy atom. The second-order valence-electron chi connectivity index (χ2n) is 5.72. The molecule has 3 rings (SSSR count). The first kappa shape index (κ1) is 18.3. The average molecular weight is 377 g/mol. The van der Waals surface area contributed by atoms with Crippen LogP contribution >= 0.6 is 11.3 Å². The number of nitriles is 1. The van der Waals surface area contributed by atoms with E-state index in [2.05, 4.69) is 10.3 Å². The maximum Gasteiger partial charge on any atom is 0.338 e. The molecule has 1 N–H and O–H groups in total. The molecule has 0 aliphatic heterocycles. The Morgan fingerprint density at radius 2 is 2.00 bits per heavy atom. The zero-order chi connectivity index (χ0) is 19.2. The van der Waals surface area contributed by atoms with Crippen molar-refractivity contribution in [1.29, 1.82) is 5.26 Å². The van der Waals surface area contributed by atoms with Crippen molar-refractivity contribution in [3.8, 4) is 17.3 Å². The van der Waals surface area contributed by atoms with Crippen molar-refractivity contribution in [3.63, 3.8) is 0 Å². The average Bonchev–Trinajstić information content (AvgIpc) is 3.15. The van der Waals surface area contributed by atoms with E-state index in [-0.39, 0.29) is 5.56 Å². The van der Waals surface area contributed by atoms with Gasteiger partial charge in [-0.15, -0.1) is 11.3 Å². The van der Waals surface area contributed by atoms with Crippen LogP contribution in [0.3, 0.4) is 0 Å². The number of rotatable bonds is 5. The standard InChI is InChI=1S/C20H15N3O3S/c1-13-5-7-15(8-6-13)17-12-27-20(22-17)23-18(24)11-26-19(25)16-4-2-3-14(9-16)10-21/h2-9,12H,11H2,1H3,(H,22,23,24). The summed E-state index contributed by atoms with van der Waals surface area (Å²) in [6.07, 6.45) is 0. The smallest absolute Gasteiger partial charge is 0.338 e. The number of ether oxygens (including phenoxy) is 1. The van der Waals surface area contributed by atoms with Gasteiger partial charge in [0.15, 0.2) is 11.7 Å². The summed E-state index contributed by atoms with van der Waals surface area (Å²) in [7, 11) is 0. The topological polar surface area (TPSA) is 92.1 Å². The Labute approximate surface area is 160 Å². The maximum absolute atomic E-state index is 12.0. The van der Waals surface area contributed by atoms with Gasteiger partial charge in [0.05, 0.1) is 22.9 Å². The van der Waals surface area contributed by atoms with Crippen LogP contribution in [0.5, 0.6) is 0 Å². The number of carbonyl (C=O) groups is 2. The molecule has 1 amide bonds. The lowest BCUT2D eigenvalue weighted by Gasteiger charge is -2.05. The fourth-order valence-electron chi connectivity index (χ4n) is 2.27. The number of thiazole rings is 1. The number of hydrogen-bond acceptors (Lipinski definition) is 6. The minimum Gasteiger partial charge on any atom is -0.452 e. The van der Waals surface area contributed by atoms with E-state index >= 15 is 0 Å². The molecule has 0 unspecified atom stereocenters. The highest BCUT2D eigenvalue weighted by molar-refractivity contribution is 7.14. The number of carbonyl (C=O) groups excluding carboxylic acids is 2. The number of nitrogens with zero attached hydrogens (tertiary/aromatic N) is 2. The Bertz CT molecular complexity index is 1020. The van der Waals surface area contributed by atoms with Gasteiger partial charge in [-0.2, -0.15) is 5.26 Å². The second kappa shape index (κ2) is 8.25. The summed E-state index contributed by atoms with van der Waals surface area (Å²) < 4.78 is 4.98. The quantitative estimate of drug-likeness (QED) is 0.683. The summed E-state index contributed by atoms with van der Waals surface area (Å²) in [5.41, 5.74) is 3.45. The molecule has 0 aliphatic rings. The van der Waals surface area contributed by atoms with Crippen LogP contribution in [0.1, 0.15) is 21.5 Å². The first-order chi connectivity index (χ1) is 13.0. The van der Waals surface area contributed by atoms with Gasteiger partial charge in [0.2, 0.25) is 0 Å². The predicted octanol–water partition coefficient (Wildman–Crippen LogP) is 3.79. The third-order valence-electron chi connectivity index (χ3n) is 3.66. The zero-order valence-electron chi connectivity index (χ0n) is 14.4. The molecule has 0 atom stereocenters. The predicted molar refractivity (Wildman–Crippen MR) is 102 cm³/mol. The monoisotopic (exact) mass is 377 g/mol. The molecule has 0 radical (unpaired) electrons. The van der Waals surface area contributed by atoms with Gasteiger partial charge in [0.1, 0.15) is 0 Å². The van der Waals surface area contributed by atoms with E-state index in [1.165, 1.54) is 23.5 Å². The van der Waals surface area contributed by atoms with Crippen LogP contribution in [0.15, 0.2) is 53.9 Å². The van der Waals surface area contributed by atoms with Crippen molar-refractivity contribution in [1.82, 2.24) is 4.98 Å². The molecule has 6 nitrogen and oxygen atoms in total. The van der Waals surface area contributed by atoms with Crippen LogP contribution in [-0.4, -0.2) is 23.5 Å². The fraction of sp³-hybridized carbons (Fsp3) is 0.100. The summed E-state index contributed by atoms with van der Waals surface area (Å²) in [6.45, 7) is 1.57. The number of amides is 1. The van der Waals surface area contributed by atoms with Crippen LogP contribution in [0.25, 0.3) is 11.3 Å². The Morgan fingerprint density at radius 1 is 1.22 bits per heavy atom. The molecule has 27 heavy (non-hydrogen) atoms. The van der Waals surface area contributed by atoms with Crippen molar-refractivity contribution in [3.05, 3.63) is 70.6 Å². The maximum atomic E-state index is 12.0. The molecule has 0 spiro atoms. The Hall–Kier alpha value is -3.50. The van der Waals surface area contributed by atoms with Gasteiger partial charge >= 0.3 is 5.97 Å². The van der Waals surface area contributed by atoms with E-state index < -0.39 is 18.5 Å². The lowest BCUT2D eigenvalue weighted by Crippen LogP contribution is -2.20. The number of hydrogen-bond donors (Lipinski definition) is 1. The van der Waals surface area contributed by atoms with Gasteiger partial charge in [0, 0.05) is 10.9 Å². The number of aryl methyl sites for hydroxylation is 1. The molecular formula is C20H15N3O3S. The summed E-state index contributed by atoms with van der Waals surface area (Å²) in [6, 6.07) is 16.0. The lowest BCUT2D eigenvalue weighted by atomic mass is 10.1. The van der Waals surface area contributed by atoms with E-state index in [0.29, 0.717) is 10.7 Å². The van der Waals surface area contributed by atoms with Gasteiger partial charge in [-0.05, 0) is 25.1 Å². The largest absolute Gasteiger partial charge is 0.452 e. The van der Waals surface area contributed by atoms with E-state index in [9.17, 15) is 9.59 Å². The summed E-state index contributed by atoms with van der Waals surface area (Å²) in [4.78, 5) is 28.3. The third kappa shape index (κ3) is 4.77. The van der Waals surface area contributed by atoms with Crippen LogP contribution in [0.2, 0.25) is 0 Å². The molecule has 1 aromatic heterocycles. The van der Waals surface area contributed by atoms with Crippen molar-refractivity contribution in [2.75, 3.05) is 11.9 Å². The molecule has 2 aromatic carbocycles. The normalized spacial score (nSPS) is 10.1. The molecule has 0 aliphatic carbocycles. The molecule has 0 fully saturated rings.